The van der Waals surface area contributed by atoms with Crippen LogP contribution in [0, 0.1) is 13.8 Å². The molecule has 0 saturated heterocycles. The monoisotopic (exact) mass is 396 g/mol. The summed E-state index contributed by atoms with van der Waals surface area (Å²) in [5, 5.41) is 7.46. The summed E-state index contributed by atoms with van der Waals surface area (Å²) in [4.78, 5) is 37.4. The molecule has 2 N–H and O–H groups in total. The molecular formula is C21H20N2O4S. The Morgan fingerprint density at radius 2 is 1.75 bits per heavy atom. The Bertz CT molecular complexity index is 1070. The summed E-state index contributed by atoms with van der Waals surface area (Å²) in [7, 11) is 1.18. The number of carbonyl (C=O) groups is 3. The molecule has 0 spiro atoms. The van der Waals surface area contributed by atoms with Crippen LogP contribution in [-0.4, -0.2) is 25.0 Å². The van der Waals surface area contributed by atoms with E-state index in [9.17, 15) is 14.4 Å². The smallest absolute Gasteiger partial charge is 0.413 e. The number of hydrogen-bond donors (Lipinski definition) is 2. The van der Waals surface area contributed by atoms with Gasteiger partial charge in [-0.25, -0.2) is 4.79 Å². The van der Waals surface area contributed by atoms with Crippen molar-refractivity contribution >= 4 is 45.0 Å². The Hall–Kier alpha value is -3.19. The number of amides is 3. The van der Waals surface area contributed by atoms with Crippen LogP contribution in [-0.2, 0) is 16.0 Å². The van der Waals surface area contributed by atoms with Gasteiger partial charge in [-0.15, -0.1) is 11.3 Å². The van der Waals surface area contributed by atoms with Crippen LogP contribution in [0.1, 0.15) is 26.4 Å². The fourth-order valence-electron chi connectivity index (χ4n) is 2.99. The van der Waals surface area contributed by atoms with E-state index in [2.05, 4.69) is 15.4 Å². The van der Waals surface area contributed by atoms with Gasteiger partial charge in [0.15, 0.2) is 0 Å². The van der Waals surface area contributed by atoms with Gasteiger partial charge in [0.2, 0.25) is 5.91 Å². The first-order valence-electron chi connectivity index (χ1n) is 8.66. The number of hydrogen-bond acceptors (Lipinski definition) is 5. The van der Waals surface area contributed by atoms with Gasteiger partial charge >= 0.3 is 6.09 Å². The maximum absolute atomic E-state index is 12.7. The second-order valence-electron chi connectivity index (χ2n) is 6.30. The fraction of sp³-hybridized carbons (Fsp3) is 0.190. The number of methoxy groups -OCH3 is 1. The number of alkyl carbamates (subject to hydrolysis) is 1. The summed E-state index contributed by atoms with van der Waals surface area (Å²) >= 11 is 1.30. The first-order valence-corrected chi connectivity index (χ1v) is 9.48. The molecule has 3 aromatic rings. The van der Waals surface area contributed by atoms with Gasteiger partial charge in [-0.2, -0.15) is 0 Å². The second kappa shape index (κ2) is 8.22. The largest absolute Gasteiger partial charge is 0.453 e. The maximum atomic E-state index is 12.7. The quantitative estimate of drug-likeness (QED) is 0.692. The summed E-state index contributed by atoms with van der Waals surface area (Å²) in [6.07, 6.45) is -0.670. The molecule has 3 amide bonds. The van der Waals surface area contributed by atoms with Crippen molar-refractivity contribution in [2.24, 2.45) is 0 Å². The highest BCUT2D eigenvalue weighted by Crippen LogP contribution is 2.32. The van der Waals surface area contributed by atoms with Gasteiger partial charge in [0.25, 0.3) is 5.91 Å². The van der Waals surface area contributed by atoms with Crippen LogP contribution in [0.15, 0.2) is 42.5 Å². The zero-order valence-corrected chi connectivity index (χ0v) is 16.6. The minimum absolute atomic E-state index is 0.176. The van der Waals surface area contributed by atoms with Gasteiger partial charge in [-0.05, 0) is 35.7 Å². The summed E-state index contributed by atoms with van der Waals surface area (Å²) in [5.41, 5.74) is 1.90. The molecule has 28 heavy (non-hydrogen) atoms. The summed E-state index contributed by atoms with van der Waals surface area (Å²) in [6.45, 7) is 3.63. The summed E-state index contributed by atoms with van der Waals surface area (Å²) < 4.78 is 4.48. The minimum atomic E-state index is -0.846. The number of carbonyl (C=O) groups excluding carboxylic acids is 3. The average Bonchev–Trinajstić information content (AvgIpc) is 2.95. The standard InChI is InChI=1S/C21H20N2O4S/c1-12-13(2)28-20(18(12)19(25)23-21(26)27-3)22-17(24)11-15-9-6-8-14-7-4-5-10-16(14)15/h4-10H,11H2,1-3H3,(H,22,24)(H,23,25,26). The van der Waals surface area contributed by atoms with Crippen LogP contribution < -0.4 is 10.6 Å². The molecule has 0 saturated carbocycles. The number of benzene rings is 2. The van der Waals surface area contributed by atoms with Crippen LogP contribution in [0.25, 0.3) is 10.8 Å². The number of anilines is 1. The number of imide groups is 1. The zero-order valence-electron chi connectivity index (χ0n) is 15.8. The van der Waals surface area contributed by atoms with E-state index in [0.717, 1.165) is 21.2 Å². The lowest BCUT2D eigenvalue weighted by Gasteiger charge is -2.09. The molecule has 0 radical (unpaired) electrons. The molecule has 6 nitrogen and oxygen atoms in total. The zero-order chi connectivity index (χ0) is 20.3. The van der Waals surface area contributed by atoms with Gasteiger partial charge in [0.1, 0.15) is 5.00 Å². The molecule has 0 aliphatic carbocycles. The number of aryl methyl sites for hydroxylation is 1. The van der Waals surface area contributed by atoms with Crippen LogP contribution in [0.4, 0.5) is 9.80 Å². The van der Waals surface area contributed by atoms with Gasteiger partial charge in [0.05, 0.1) is 19.1 Å². The lowest BCUT2D eigenvalue weighted by Crippen LogP contribution is -2.31. The molecule has 0 atom stereocenters. The SMILES string of the molecule is COC(=O)NC(=O)c1c(NC(=O)Cc2cccc3ccccc23)sc(C)c1C. The topological polar surface area (TPSA) is 84.5 Å². The molecule has 2 aromatic carbocycles. The highest BCUT2D eigenvalue weighted by Gasteiger charge is 2.23. The predicted octanol–water partition coefficient (Wildman–Crippen LogP) is 4.20. The number of fused-ring (bicyclic) bond motifs is 1. The third kappa shape index (κ3) is 4.04. The average molecular weight is 396 g/mol. The Kier molecular flexibility index (Phi) is 5.75. The number of thiophene rings is 1. The normalized spacial score (nSPS) is 10.5. The second-order valence-corrected chi connectivity index (χ2v) is 7.52. The van der Waals surface area contributed by atoms with Gasteiger partial charge in [0, 0.05) is 4.88 Å². The molecule has 7 heteroatoms. The first kappa shape index (κ1) is 19.6. The highest BCUT2D eigenvalue weighted by atomic mass is 32.1. The molecule has 144 valence electrons. The van der Waals surface area contributed by atoms with E-state index < -0.39 is 12.0 Å². The highest BCUT2D eigenvalue weighted by molar-refractivity contribution is 7.16. The molecular weight excluding hydrogens is 376 g/mol. The van der Waals surface area contributed by atoms with Crippen molar-refractivity contribution in [1.82, 2.24) is 5.32 Å². The third-order valence-electron chi connectivity index (χ3n) is 4.50. The van der Waals surface area contributed by atoms with Crippen LogP contribution >= 0.6 is 11.3 Å². The van der Waals surface area contributed by atoms with E-state index in [1.54, 1.807) is 6.92 Å². The van der Waals surface area contributed by atoms with Crippen molar-refractivity contribution in [2.45, 2.75) is 20.3 Å². The van der Waals surface area contributed by atoms with E-state index >= 15 is 0 Å². The van der Waals surface area contributed by atoms with E-state index in [1.807, 2.05) is 49.4 Å². The van der Waals surface area contributed by atoms with Crippen molar-refractivity contribution in [2.75, 3.05) is 12.4 Å². The van der Waals surface area contributed by atoms with E-state index in [1.165, 1.54) is 18.4 Å². The van der Waals surface area contributed by atoms with E-state index in [0.29, 0.717) is 10.6 Å². The van der Waals surface area contributed by atoms with E-state index in [4.69, 9.17) is 0 Å². The minimum Gasteiger partial charge on any atom is -0.453 e. The number of ether oxygens (including phenoxy) is 1. The van der Waals surface area contributed by atoms with Gasteiger partial charge in [-0.3, -0.25) is 14.9 Å². The lowest BCUT2D eigenvalue weighted by atomic mass is 10.0. The first-order chi connectivity index (χ1) is 13.4. The van der Waals surface area contributed by atoms with Crippen molar-refractivity contribution in [3.8, 4) is 0 Å². The molecule has 0 aliphatic rings. The van der Waals surface area contributed by atoms with Gasteiger partial charge < -0.3 is 10.1 Å². The van der Waals surface area contributed by atoms with Crippen LogP contribution in [0.2, 0.25) is 0 Å². The lowest BCUT2D eigenvalue weighted by molar-refractivity contribution is -0.115. The molecule has 1 aromatic heterocycles. The fourth-order valence-corrected chi connectivity index (χ4v) is 4.06. The summed E-state index contributed by atoms with van der Waals surface area (Å²) in [5.74, 6) is -0.834. The van der Waals surface area contributed by atoms with Crippen molar-refractivity contribution in [3.05, 3.63) is 64.0 Å². The van der Waals surface area contributed by atoms with Crippen molar-refractivity contribution < 1.29 is 19.1 Å². The Balaban J connectivity index is 1.83. The molecule has 0 aliphatic heterocycles. The molecule has 0 bridgehead atoms. The maximum Gasteiger partial charge on any atom is 0.413 e. The molecule has 0 unspecified atom stereocenters. The third-order valence-corrected chi connectivity index (χ3v) is 5.62. The van der Waals surface area contributed by atoms with E-state index in [-0.39, 0.29) is 17.9 Å². The molecule has 0 fully saturated rings. The number of nitrogens with one attached hydrogen (secondary N) is 2. The van der Waals surface area contributed by atoms with Crippen LogP contribution in [0.3, 0.4) is 0 Å². The Labute approximate surface area is 166 Å². The molecule has 1 heterocycles. The van der Waals surface area contributed by atoms with Crippen molar-refractivity contribution in [3.63, 3.8) is 0 Å². The Morgan fingerprint density at radius 3 is 2.50 bits per heavy atom. The molecule has 3 rings (SSSR count). The number of rotatable bonds is 4. The van der Waals surface area contributed by atoms with Crippen molar-refractivity contribution in [1.29, 1.82) is 0 Å². The predicted molar refractivity (Wildman–Crippen MR) is 110 cm³/mol. The van der Waals surface area contributed by atoms with Gasteiger partial charge in [-0.1, -0.05) is 42.5 Å². The van der Waals surface area contributed by atoms with Crippen LogP contribution in [0.5, 0.6) is 0 Å². The summed E-state index contributed by atoms with van der Waals surface area (Å²) in [6, 6.07) is 13.7. The Morgan fingerprint density at radius 1 is 1.04 bits per heavy atom.